The molecule has 0 saturated heterocycles. The molecule has 6 nitrogen and oxygen atoms in total. The third kappa shape index (κ3) is 1.91. The first kappa shape index (κ1) is 10.7. The highest BCUT2D eigenvalue weighted by atomic mass is 15.2. The van der Waals surface area contributed by atoms with Gasteiger partial charge in [0.1, 0.15) is 5.82 Å². The molecule has 0 aliphatic rings. The molecule has 86 valence electrons. The second kappa shape index (κ2) is 4.34. The van der Waals surface area contributed by atoms with E-state index in [9.17, 15) is 0 Å². The molecule has 2 heterocycles. The summed E-state index contributed by atoms with van der Waals surface area (Å²) in [5, 5.41) is 7.67. The van der Waals surface area contributed by atoms with E-state index in [-0.39, 0.29) is 5.95 Å². The van der Waals surface area contributed by atoms with Gasteiger partial charge in [-0.3, -0.25) is 5.10 Å². The largest absolute Gasteiger partial charge is 0.368 e. The van der Waals surface area contributed by atoms with Crippen LogP contribution >= 0.6 is 0 Å². The zero-order valence-corrected chi connectivity index (χ0v) is 9.56. The van der Waals surface area contributed by atoms with E-state index in [0.29, 0.717) is 5.65 Å². The van der Waals surface area contributed by atoms with Crippen molar-refractivity contribution in [2.75, 3.05) is 24.2 Å². The van der Waals surface area contributed by atoms with Gasteiger partial charge in [-0.15, -0.1) is 0 Å². The van der Waals surface area contributed by atoms with Crippen LogP contribution in [0.15, 0.2) is 6.20 Å². The van der Waals surface area contributed by atoms with Crippen molar-refractivity contribution in [3.05, 3.63) is 6.20 Å². The van der Waals surface area contributed by atoms with Crippen molar-refractivity contribution in [3.8, 4) is 0 Å². The summed E-state index contributed by atoms with van der Waals surface area (Å²) in [5.74, 6) is 1.11. The molecule has 0 spiro atoms. The van der Waals surface area contributed by atoms with Crippen molar-refractivity contribution < 1.29 is 0 Å². The van der Waals surface area contributed by atoms with E-state index in [0.717, 1.165) is 30.6 Å². The van der Waals surface area contributed by atoms with Gasteiger partial charge in [-0.1, -0.05) is 13.3 Å². The molecule has 0 fully saturated rings. The Labute approximate surface area is 93.9 Å². The fourth-order valence-electron chi connectivity index (χ4n) is 1.63. The number of unbranched alkanes of at least 4 members (excludes halogenated alkanes) is 1. The molecular formula is C10H16N6. The third-order valence-electron chi connectivity index (χ3n) is 2.52. The molecule has 0 saturated carbocycles. The predicted octanol–water partition coefficient (Wildman–Crippen LogP) is 1.17. The molecule has 3 N–H and O–H groups in total. The Morgan fingerprint density at radius 1 is 1.44 bits per heavy atom. The first-order valence-electron chi connectivity index (χ1n) is 5.40. The standard InChI is InChI=1S/C10H16N6/c1-3-4-5-16(2)9-7-6-12-15-8(7)13-10(11)14-9/h6H,3-5H2,1-2H3,(H3,11,12,13,14,15). The molecule has 0 aliphatic heterocycles. The summed E-state index contributed by atoms with van der Waals surface area (Å²) in [6.07, 6.45) is 4.01. The zero-order chi connectivity index (χ0) is 11.5. The lowest BCUT2D eigenvalue weighted by molar-refractivity contribution is 0.761. The smallest absolute Gasteiger partial charge is 0.224 e. The first-order chi connectivity index (χ1) is 7.72. The summed E-state index contributed by atoms with van der Waals surface area (Å²) >= 11 is 0. The van der Waals surface area contributed by atoms with E-state index in [1.165, 1.54) is 0 Å². The van der Waals surface area contributed by atoms with Crippen molar-refractivity contribution in [1.82, 2.24) is 20.2 Å². The van der Waals surface area contributed by atoms with Gasteiger partial charge in [0.25, 0.3) is 0 Å². The van der Waals surface area contributed by atoms with Crippen LogP contribution < -0.4 is 10.6 Å². The summed E-state index contributed by atoms with van der Waals surface area (Å²) in [7, 11) is 2.00. The number of nitrogens with zero attached hydrogens (tertiary/aromatic N) is 4. The van der Waals surface area contributed by atoms with Gasteiger partial charge in [-0.2, -0.15) is 15.1 Å². The van der Waals surface area contributed by atoms with E-state index in [1.54, 1.807) is 6.20 Å². The number of anilines is 2. The quantitative estimate of drug-likeness (QED) is 0.808. The second-order valence-electron chi connectivity index (χ2n) is 3.81. The maximum atomic E-state index is 5.65. The van der Waals surface area contributed by atoms with Crippen LogP contribution in [0.3, 0.4) is 0 Å². The third-order valence-corrected chi connectivity index (χ3v) is 2.52. The van der Waals surface area contributed by atoms with Crippen LogP contribution in [0.25, 0.3) is 11.0 Å². The molecule has 2 rings (SSSR count). The van der Waals surface area contributed by atoms with Gasteiger partial charge in [-0.25, -0.2) is 0 Å². The number of H-pyrrole nitrogens is 1. The van der Waals surface area contributed by atoms with Gasteiger partial charge >= 0.3 is 0 Å². The number of nitrogens with two attached hydrogens (primary N) is 1. The van der Waals surface area contributed by atoms with Crippen LogP contribution in [0.5, 0.6) is 0 Å². The highest BCUT2D eigenvalue weighted by molar-refractivity contribution is 5.87. The molecule has 16 heavy (non-hydrogen) atoms. The fourth-order valence-corrected chi connectivity index (χ4v) is 1.63. The van der Waals surface area contributed by atoms with E-state index in [4.69, 9.17) is 5.73 Å². The van der Waals surface area contributed by atoms with E-state index in [1.807, 2.05) is 7.05 Å². The van der Waals surface area contributed by atoms with Crippen molar-refractivity contribution >= 4 is 22.8 Å². The molecular weight excluding hydrogens is 204 g/mol. The number of nitrogens with one attached hydrogen (secondary N) is 1. The average Bonchev–Trinajstić information content (AvgIpc) is 2.72. The second-order valence-corrected chi connectivity index (χ2v) is 3.81. The lowest BCUT2D eigenvalue weighted by atomic mass is 10.3. The van der Waals surface area contributed by atoms with Gasteiger partial charge in [0.2, 0.25) is 5.95 Å². The number of aromatic nitrogens is 4. The predicted molar refractivity (Wildman–Crippen MR) is 64.3 cm³/mol. The van der Waals surface area contributed by atoms with E-state index < -0.39 is 0 Å². The van der Waals surface area contributed by atoms with E-state index in [2.05, 4.69) is 32.0 Å². The minimum absolute atomic E-state index is 0.273. The molecule has 6 heteroatoms. The van der Waals surface area contributed by atoms with Crippen molar-refractivity contribution in [2.45, 2.75) is 19.8 Å². The van der Waals surface area contributed by atoms with Gasteiger partial charge in [-0.05, 0) is 6.42 Å². The lowest BCUT2D eigenvalue weighted by Crippen LogP contribution is -2.20. The number of hydrogen-bond donors (Lipinski definition) is 2. The molecule has 0 radical (unpaired) electrons. The van der Waals surface area contributed by atoms with Gasteiger partial charge in [0.05, 0.1) is 11.6 Å². The summed E-state index contributed by atoms with van der Waals surface area (Å²) in [6.45, 7) is 3.11. The molecule has 0 unspecified atom stereocenters. The fraction of sp³-hybridized carbons (Fsp3) is 0.500. The molecule has 0 aromatic carbocycles. The van der Waals surface area contributed by atoms with Crippen molar-refractivity contribution in [2.24, 2.45) is 0 Å². The summed E-state index contributed by atoms with van der Waals surface area (Å²) in [5.41, 5.74) is 6.34. The van der Waals surface area contributed by atoms with Gasteiger partial charge in [0, 0.05) is 13.6 Å². The summed E-state index contributed by atoms with van der Waals surface area (Å²) in [4.78, 5) is 10.4. The van der Waals surface area contributed by atoms with Gasteiger partial charge < -0.3 is 10.6 Å². The summed E-state index contributed by atoms with van der Waals surface area (Å²) in [6, 6.07) is 0. The topological polar surface area (TPSA) is 83.7 Å². The highest BCUT2D eigenvalue weighted by Gasteiger charge is 2.11. The Hall–Kier alpha value is -1.85. The lowest BCUT2D eigenvalue weighted by Gasteiger charge is -2.18. The molecule has 0 atom stereocenters. The number of hydrogen-bond acceptors (Lipinski definition) is 5. The zero-order valence-electron chi connectivity index (χ0n) is 9.56. The minimum atomic E-state index is 0.273. The molecule has 0 bridgehead atoms. The first-order valence-corrected chi connectivity index (χ1v) is 5.40. The van der Waals surface area contributed by atoms with E-state index >= 15 is 0 Å². The molecule has 0 aliphatic carbocycles. The van der Waals surface area contributed by atoms with Crippen LogP contribution in [-0.2, 0) is 0 Å². The Balaban J connectivity index is 2.38. The SMILES string of the molecule is CCCCN(C)c1nc(N)nc2[nH]ncc12. The Kier molecular flexibility index (Phi) is 2.89. The molecule has 2 aromatic heterocycles. The molecule has 2 aromatic rings. The van der Waals surface area contributed by atoms with Crippen molar-refractivity contribution in [3.63, 3.8) is 0 Å². The van der Waals surface area contributed by atoms with Crippen LogP contribution in [0.4, 0.5) is 11.8 Å². The molecule has 0 amide bonds. The Morgan fingerprint density at radius 3 is 3.00 bits per heavy atom. The summed E-state index contributed by atoms with van der Waals surface area (Å²) < 4.78 is 0. The number of fused-ring (bicyclic) bond motifs is 1. The van der Waals surface area contributed by atoms with Crippen LogP contribution in [-0.4, -0.2) is 33.8 Å². The van der Waals surface area contributed by atoms with Crippen molar-refractivity contribution in [1.29, 1.82) is 0 Å². The van der Waals surface area contributed by atoms with Crippen LogP contribution in [0, 0.1) is 0 Å². The maximum Gasteiger partial charge on any atom is 0.224 e. The highest BCUT2D eigenvalue weighted by Crippen LogP contribution is 2.21. The van der Waals surface area contributed by atoms with Crippen LogP contribution in [0.2, 0.25) is 0 Å². The minimum Gasteiger partial charge on any atom is -0.368 e. The number of nitrogen functional groups attached to an aromatic ring is 1. The van der Waals surface area contributed by atoms with Gasteiger partial charge in [0.15, 0.2) is 5.65 Å². The Morgan fingerprint density at radius 2 is 2.25 bits per heavy atom. The Bertz CT molecular complexity index is 477. The van der Waals surface area contributed by atoms with Crippen LogP contribution in [0.1, 0.15) is 19.8 Å². The average molecular weight is 220 g/mol. The monoisotopic (exact) mass is 220 g/mol. The maximum absolute atomic E-state index is 5.65. The normalized spacial score (nSPS) is 10.9. The number of aromatic amines is 1. The number of rotatable bonds is 4.